The number of carbonyl (C=O) groups excluding carboxylic acids is 2. The topological polar surface area (TPSA) is 80.3 Å². The first-order valence-corrected chi connectivity index (χ1v) is 10.5. The largest absolute Gasteiger partial charge is 0.494 e. The molecule has 0 bridgehead atoms. The summed E-state index contributed by atoms with van der Waals surface area (Å²) in [5.41, 5.74) is 1.74. The van der Waals surface area contributed by atoms with Crippen molar-refractivity contribution in [3.05, 3.63) is 70.5 Å². The Morgan fingerprint density at radius 3 is 2.57 bits per heavy atom. The van der Waals surface area contributed by atoms with Gasteiger partial charge in [-0.25, -0.2) is 9.37 Å². The fourth-order valence-corrected chi connectivity index (χ4v) is 4.37. The average molecular weight is 425 g/mol. The predicted octanol–water partition coefficient (Wildman–Crippen LogP) is 4.60. The minimum absolute atomic E-state index is 0.125. The molecule has 0 spiro atoms. The molecule has 0 aliphatic heterocycles. The molecule has 1 aliphatic carbocycles. The smallest absolute Gasteiger partial charge is 0.257 e. The number of benzene rings is 2. The standard InChI is InChI=1S/C22H20FN3O3S/c1-2-29-16-9-7-15(8-10-16)24-21(28)17-11-12-18-19(17)25-22(30-18)26-20(27)13-3-5-14(23)6-4-13/h3-10,17H,2,11-12H2,1H3,(H,24,28)(H,25,26,27). The third-order valence-corrected chi connectivity index (χ3v) is 5.84. The van der Waals surface area contributed by atoms with E-state index in [4.69, 9.17) is 4.74 Å². The van der Waals surface area contributed by atoms with Crippen LogP contribution in [0.15, 0.2) is 48.5 Å². The average Bonchev–Trinajstić information content (AvgIpc) is 3.30. The Bertz CT molecular complexity index is 1060. The first kappa shape index (κ1) is 20.0. The van der Waals surface area contributed by atoms with Crippen molar-refractivity contribution >= 4 is 34.0 Å². The van der Waals surface area contributed by atoms with Gasteiger partial charge in [-0.05, 0) is 68.3 Å². The number of aromatic nitrogens is 1. The van der Waals surface area contributed by atoms with Gasteiger partial charge >= 0.3 is 0 Å². The first-order chi connectivity index (χ1) is 14.5. The van der Waals surface area contributed by atoms with Crippen LogP contribution in [-0.2, 0) is 11.2 Å². The molecule has 2 aromatic carbocycles. The monoisotopic (exact) mass is 425 g/mol. The molecule has 0 saturated carbocycles. The van der Waals surface area contributed by atoms with E-state index in [1.165, 1.54) is 35.6 Å². The number of amides is 2. The molecule has 1 aromatic heterocycles. The van der Waals surface area contributed by atoms with Crippen molar-refractivity contribution in [1.29, 1.82) is 0 Å². The zero-order chi connectivity index (χ0) is 21.1. The number of carbonyl (C=O) groups is 2. The maximum atomic E-state index is 13.0. The minimum atomic E-state index is -0.402. The van der Waals surface area contributed by atoms with E-state index >= 15 is 0 Å². The van der Waals surface area contributed by atoms with Gasteiger partial charge in [0.2, 0.25) is 5.91 Å². The first-order valence-electron chi connectivity index (χ1n) is 9.63. The van der Waals surface area contributed by atoms with Crippen molar-refractivity contribution in [3.63, 3.8) is 0 Å². The molecular formula is C22H20FN3O3S. The number of fused-ring (bicyclic) bond motifs is 1. The molecule has 1 aliphatic rings. The second kappa shape index (κ2) is 8.62. The maximum absolute atomic E-state index is 13.0. The molecule has 0 saturated heterocycles. The van der Waals surface area contributed by atoms with E-state index in [1.54, 1.807) is 12.1 Å². The molecule has 3 aromatic rings. The molecule has 2 N–H and O–H groups in total. The van der Waals surface area contributed by atoms with Gasteiger partial charge in [-0.3, -0.25) is 14.9 Å². The van der Waals surface area contributed by atoms with Crippen molar-refractivity contribution < 1.29 is 18.7 Å². The van der Waals surface area contributed by atoms with E-state index in [-0.39, 0.29) is 17.7 Å². The third-order valence-electron chi connectivity index (χ3n) is 4.79. The van der Waals surface area contributed by atoms with Crippen LogP contribution in [0.25, 0.3) is 0 Å². The van der Waals surface area contributed by atoms with E-state index in [0.717, 1.165) is 17.0 Å². The molecule has 154 valence electrons. The van der Waals surface area contributed by atoms with Crippen molar-refractivity contribution in [2.45, 2.75) is 25.7 Å². The fourth-order valence-electron chi connectivity index (χ4n) is 3.34. The molecule has 1 heterocycles. The van der Waals surface area contributed by atoms with E-state index < -0.39 is 5.82 Å². The molecule has 2 amide bonds. The molecular weight excluding hydrogens is 405 g/mol. The number of aryl methyl sites for hydroxylation is 1. The number of anilines is 2. The van der Waals surface area contributed by atoms with Gasteiger partial charge in [0, 0.05) is 16.1 Å². The molecule has 1 unspecified atom stereocenters. The summed E-state index contributed by atoms with van der Waals surface area (Å²) in [7, 11) is 0. The Morgan fingerprint density at radius 2 is 1.87 bits per heavy atom. The number of halogens is 1. The summed E-state index contributed by atoms with van der Waals surface area (Å²) in [6.45, 7) is 2.50. The highest BCUT2D eigenvalue weighted by Crippen LogP contribution is 2.39. The normalized spacial score (nSPS) is 14.8. The molecule has 30 heavy (non-hydrogen) atoms. The van der Waals surface area contributed by atoms with Crippen molar-refractivity contribution in [3.8, 4) is 5.75 Å². The quantitative estimate of drug-likeness (QED) is 0.605. The van der Waals surface area contributed by atoms with Gasteiger partial charge in [-0.1, -0.05) is 0 Å². The number of thiazole rings is 1. The second-order valence-corrected chi connectivity index (χ2v) is 7.91. The molecule has 6 nitrogen and oxygen atoms in total. The molecule has 0 radical (unpaired) electrons. The predicted molar refractivity (Wildman–Crippen MR) is 114 cm³/mol. The van der Waals surface area contributed by atoms with Crippen LogP contribution in [-0.4, -0.2) is 23.4 Å². The Balaban J connectivity index is 1.42. The Morgan fingerprint density at radius 1 is 1.13 bits per heavy atom. The van der Waals surface area contributed by atoms with Gasteiger partial charge in [-0.2, -0.15) is 0 Å². The summed E-state index contributed by atoms with van der Waals surface area (Å²) in [6, 6.07) is 12.5. The van der Waals surface area contributed by atoms with Gasteiger partial charge in [0.15, 0.2) is 5.13 Å². The number of hydrogen-bond donors (Lipinski definition) is 2. The highest BCUT2D eigenvalue weighted by atomic mass is 32.1. The second-order valence-electron chi connectivity index (χ2n) is 6.83. The lowest BCUT2D eigenvalue weighted by Crippen LogP contribution is -2.20. The van der Waals surface area contributed by atoms with E-state index in [9.17, 15) is 14.0 Å². The number of hydrogen-bond acceptors (Lipinski definition) is 5. The van der Waals surface area contributed by atoms with Crippen molar-refractivity contribution in [2.75, 3.05) is 17.2 Å². The molecule has 1 atom stereocenters. The van der Waals surface area contributed by atoms with Gasteiger partial charge < -0.3 is 10.1 Å². The van der Waals surface area contributed by atoms with Gasteiger partial charge in [0.05, 0.1) is 18.2 Å². The van der Waals surface area contributed by atoms with Crippen molar-refractivity contribution in [1.82, 2.24) is 4.98 Å². The number of rotatable bonds is 6. The summed E-state index contributed by atoms with van der Waals surface area (Å²) in [5.74, 6) is -0.502. The zero-order valence-corrected chi connectivity index (χ0v) is 17.1. The lowest BCUT2D eigenvalue weighted by molar-refractivity contribution is -0.117. The summed E-state index contributed by atoms with van der Waals surface area (Å²) in [4.78, 5) is 30.6. The Labute approximate surface area is 177 Å². The van der Waals surface area contributed by atoms with Crippen LogP contribution >= 0.6 is 11.3 Å². The van der Waals surface area contributed by atoms with Crippen LogP contribution in [0.3, 0.4) is 0 Å². The summed E-state index contributed by atoms with van der Waals surface area (Å²) >= 11 is 1.37. The van der Waals surface area contributed by atoms with Crippen LogP contribution in [0.1, 0.15) is 40.2 Å². The van der Waals surface area contributed by atoms with Crippen LogP contribution in [0, 0.1) is 5.82 Å². The number of nitrogens with one attached hydrogen (secondary N) is 2. The summed E-state index contributed by atoms with van der Waals surface area (Å²) in [5, 5.41) is 6.10. The Hall–Kier alpha value is -3.26. The molecule has 0 fully saturated rings. The molecule has 4 rings (SSSR count). The third kappa shape index (κ3) is 4.33. The number of nitrogens with zero attached hydrogens (tertiary/aromatic N) is 1. The van der Waals surface area contributed by atoms with Crippen LogP contribution in [0.4, 0.5) is 15.2 Å². The SMILES string of the molecule is CCOc1ccc(NC(=O)C2CCc3sc(NC(=O)c4ccc(F)cc4)nc32)cc1. The van der Waals surface area contributed by atoms with Gasteiger partial charge in [0.1, 0.15) is 11.6 Å². The molecule has 8 heteroatoms. The summed E-state index contributed by atoms with van der Waals surface area (Å²) in [6.07, 6.45) is 1.42. The van der Waals surface area contributed by atoms with Gasteiger partial charge in [-0.15, -0.1) is 11.3 Å². The van der Waals surface area contributed by atoms with E-state index in [2.05, 4.69) is 15.6 Å². The summed E-state index contributed by atoms with van der Waals surface area (Å²) < 4.78 is 18.4. The lowest BCUT2D eigenvalue weighted by atomic mass is 10.1. The number of ether oxygens (including phenoxy) is 1. The fraction of sp³-hybridized carbons (Fsp3) is 0.227. The highest BCUT2D eigenvalue weighted by Gasteiger charge is 2.33. The van der Waals surface area contributed by atoms with E-state index in [1.807, 2.05) is 19.1 Å². The maximum Gasteiger partial charge on any atom is 0.257 e. The van der Waals surface area contributed by atoms with Crippen LogP contribution in [0.5, 0.6) is 5.75 Å². The van der Waals surface area contributed by atoms with Crippen LogP contribution in [0.2, 0.25) is 0 Å². The Kier molecular flexibility index (Phi) is 5.76. The van der Waals surface area contributed by atoms with Gasteiger partial charge in [0.25, 0.3) is 5.91 Å². The zero-order valence-electron chi connectivity index (χ0n) is 16.3. The minimum Gasteiger partial charge on any atom is -0.494 e. The van der Waals surface area contributed by atoms with Crippen molar-refractivity contribution in [2.24, 2.45) is 0 Å². The lowest BCUT2D eigenvalue weighted by Gasteiger charge is -2.11. The van der Waals surface area contributed by atoms with Crippen LogP contribution < -0.4 is 15.4 Å². The van der Waals surface area contributed by atoms with E-state index in [0.29, 0.717) is 35.1 Å². The highest BCUT2D eigenvalue weighted by molar-refractivity contribution is 7.16.